The first-order valence-corrected chi connectivity index (χ1v) is 7.49. The topological polar surface area (TPSA) is 72.0 Å². The Bertz CT molecular complexity index is 1020. The first-order valence-electron chi connectivity index (χ1n) is 7.49. The van der Waals surface area contributed by atoms with Crippen molar-refractivity contribution in [3.05, 3.63) is 48.3 Å². The molecule has 0 bridgehead atoms. The number of fused-ring (bicyclic) bond motifs is 2. The van der Waals surface area contributed by atoms with Gasteiger partial charge in [0.15, 0.2) is 5.82 Å². The summed E-state index contributed by atoms with van der Waals surface area (Å²) in [5.41, 5.74) is 2.14. The van der Waals surface area contributed by atoms with Crippen LogP contribution in [0.5, 0.6) is 5.75 Å². The number of aromatic hydroxyl groups is 1. The monoisotopic (exact) mass is 305 g/mol. The van der Waals surface area contributed by atoms with Gasteiger partial charge in [0.05, 0.1) is 5.52 Å². The SMILES string of the molecule is CC(C)c1noc(-c2ccc(O)c3nc4ccccc4cc23)n1. The fraction of sp³-hybridized carbons (Fsp3) is 0.167. The molecule has 0 saturated heterocycles. The first kappa shape index (κ1) is 13.7. The highest BCUT2D eigenvalue weighted by Gasteiger charge is 2.16. The van der Waals surface area contributed by atoms with Crippen molar-refractivity contribution in [2.75, 3.05) is 0 Å². The molecule has 0 aliphatic carbocycles. The van der Waals surface area contributed by atoms with Crippen molar-refractivity contribution in [2.45, 2.75) is 19.8 Å². The van der Waals surface area contributed by atoms with E-state index >= 15 is 0 Å². The zero-order chi connectivity index (χ0) is 16.0. The largest absolute Gasteiger partial charge is 0.506 e. The number of pyridine rings is 1. The maximum atomic E-state index is 10.2. The number of phenols is 1. The van der Waals surface area contributed by atoms with Crippen molar-refractivity contribution in [3.8, 4) is 17.2 Å². The molecule has 1 N–H and O–H groups in total. The molecule has 5 nitrogen and oxygen atoms in total. The summed E-state index contributed by atoms with van der Waals surface area (Å²) < 4.78 is 5.40. The third-order valence-corrected chi connectivity index (χ3v) is 3.85. The fourth-order valence-electron chi connectivity index (χ4n) is 2.61. The molecule has 23 heavy (non-hydrogen) atoms. The molecule has 0 radical (unpaired) electrons. The number of hydrogen-bond acceptors (Lipinski definition) is 5. The molecule has 0 spiro atoms. The van der Waals surface area contributed by atoms with Crippen molar-refractivity contribution < 1.29 is 9.63 Å². The lowest BCUT2D eigenvalue weighted by molar-refractivity contribution is 0.419. The Morgan fingerprint density at radius 1 is 1.04 bits per heavy atom. The van der Waals surface area contributed by atoms with E-state index in [1.165, 1.54) is 0 Å². The zero-order valence-electron chi connectivity index (χ0n) is 12.8. The van der Waals surface area contributed by atoms with Gasteiger partial charge in [0.25, 0.3) is 5.89 Å². The lowest BCUT2D eigenvalue weighted by Crippen LogP contribution is -1.90. The van der Waals surface area contributed by atoms with Crippen LogP contribution >= 0.6 is 0 Å². The molecule has 2 aromatic heterocycles. The Balaban J connectivity index is 2.02. The molecule has 0 saturated carbocycles. The second-order valence-corrected chi connectivity index (χ2v) is 5.82. The fourth-order valence-corrected chi connectivity index (χ4v) is 2.61. The average molecular weight is 305 g/mol. The predicted molar refractivity (Wildman–Crippen MR) is 88.3 cm³/mol. The summed E-state index contributed by atoms with van der Waals surface area (Å²) >= 11 is 0. The van der Waals surface area contributed by atoms with Gasteiger partial charge >= 0.3 is 0 Å². The van der Waals surface area contributed by atoms with E-state index in [4.69, 9.17) is 4.52 Å². The van der Waals surface area contributed by atoms with Crippen molar-refractivity contribution in [1.82, 2.24) is 15.1 Å². The summed E-state index contributed by atoms with van der Waals surface area (Å²) in [5.74, 6) is 1.43. The molecule has 0 aliphatic rings. The number of rotatable bonds is 2. The molecule has 2 aromatic carbocycles. The smallest absolute Gasteiger partial charge is 0.258 e. The Labute approximate surface area is 132 Å². The summed E-state index contributed by atoms with van der Waals surface area (Å²) in [6.07, 6.45) is 0. The van der Waals surface area contributed by atoms with Gasteiger partial charge in [0.2, 0.25) is 0 Å². The number of aromatic nitrogens is 3. The molecule has 4 rings (SSSR count). The van der Waals surface area contributed by atoms with Gasteiger partial charge in [-0.25, -0.2) is 4.98 Å². The molecule has 0 aliphatic heterocycles. The molecule has 0 amide bonds. The van der Waals surface area contributed by atoms with Crippen LogP contribution in [0.3, 0.4) is 0 Å². The molecule has 2 heterocycles. The lowest BCUT2D eigenvalue weighted by Gasteiger charge is -2.06. The van der Waals surface area contributed by atoms with Gasteiger partial charge < -0.3 is 9.63 Å². The van der Waals surface area contributed by atoms with Crippen molar-refractivity contribution in [1.29, 1.82) is 0 Å². The van der Waals surface area contributed by atoms with Crippen molar-refractivity contribution in [2.24, 2.45) is 0 Å². The number of phenolic OH excluding ortho intramolecular Hbond substituents is 1. The van der Waals surface area contributed by atoms with E-state index in [9.17, 15) is 5.11 Å². The molecule has 4 aromatic rings. The van der Waals surface area contributed by atoms with Gasteiger partial charge in [-0.2, -0.15) is 4.98 Å². The van der Waals surface area contributed by atoms with Crippen LogP contribution in [-0.2, 0) is 0 Å². The molecular weight excluding hydrogens is 290 g/mol. The minimum atomic E-state index is 0.137. The summed E-state index contributed by atoms with van der Waals surface area (Å²) in [5, 5.41) is 16.0. The van der Waals surface area contributed by atoms with Gasteiger partial charge in [0, 0.05) is 22.3 Å². The van der Waals surface area contributed by atoms with Crippen LogP contribution < -0.4 is 0 Å². The number of hydrogen-bond donors (Lipinski definition) is 1. The Hall–Kier alpha value is -2.95. The highest BCUT2D eigenvalue weighted by molar-refractivity contribution is 6.02. The molecule has 0 fully saturated rings. The molecule has 114 valence electrons. The van der Waals surface area contributed by atoms with Gasteiger partial charge in [0.1, 0.15) is 11.3 Å². The van der Waals surface area contributed by atoms with Crippen LogP contribution in [-0.4, -0.2) is 20.2 Å². The second-order valence-electron chi connectivity index (χ2n) is 5.82. The van der Waals surface area contributed by atoms with Crippen molar-refractivity contribution in [3.63, 3.8) is 0 Å². The van der Waals surface area contributed by atoms with Gasteiger partial charge in [-0.3, -0.25) is 0 Å². The Kier molecular flexibility index (Phi) is 3.01. The second kappa shape index (κ2) is 5.05. The minimum Gasteiger partial charge on any atom is -0.506 e. The minimum absolute atomic E-state index is 0.137. The quantitative estimate of drug-likeness (QED) is 0.560. The van der Waals surface area contributed by atoms with E-state index in [-0.39, 0.29) is 11.7 Å². The van der Waals surface area contributed by atoms with Crippen LogP contribution in [0, 0.1) is 0 Å². The van der Waals surface area contributed by atoms with E-state index in [0.717, 1.165) is 21.9 Å². The van der Waals surface area contributed by atoms with Gasteiger partial charge in [-0.1, -0.05) is 37.2 Å². The number of nitrogens with zero attached hydrogens (tertiary/aromatic N) is 3. The Morgan fingerprint density at radius 3 is 2.65 bits per heavy atom. The van der Waals surface area contributed by atoms with Crippen LogP contribution in [0.15, 0.2) is 47.0 Å². The van der Waals surface area contributed by atoms with Crippen molar-refractivity contribution >= 4 is 21.8 Å². The van der Waals surface area contributed by atoms with Gasteiger partial charge in [-0.05, 0) is 24.3 Å². The average Bonchev–Trinajstić information content (AvgIpc) is 3.04. The maximum Gasteiger partial charge on any atom is 0.258 e. The van der Waals surface area contributed by atoms with E-state index in [0.29, 0.717) is 17.2 Å². The van der Waals surface area contributed by atoms with E-state index < -0.39 is 0 Å². The molecule has 5 heteroatoms. The van der Waals surface area contributed by atoms with E-state index in [1.807, 2.05) is 44.2 Å². The normalized spacial score (nSPS) is 11.6. The predicted octanol–water partition coefficient (Wildman–Crippen LogP) is 4.27. The first-order chi connectivity index (χ1) is 11.1. The summed E-state index contributed by atoms with van der Waals surface area (Å²) in [6.45, 7) is 4.03. The van der Waals surface area contributed by atoms with Crippen LogP contribution in [0.4, 0.5) is 0 Å². The number of benzene rings is 2. The zero-order valence-corrected chi connectivity index (χ0v) is 12.8. The van der Waals surface area contributed by atoms with E-state index in [1.54, 1.807) is 12.1 Å². The highest BCUT2D eigenvalue weighted by atomic mass is 16.5. The van der Waals surface area contributed by atoms with Crippen LogP contribution in [0.25, 0.3) is 33.3 Å². The Morgan fingerprint density at radius 2 is 1.87 bits per heavy atom. The summed E-state index contributed by atoms with van der Waals surface area (Å²) in [7, 11) is 0. The highest BCUT2D eigenvalue weighted by Crippen LogP contribution is 2.34. The summed E-state index contributed by atoms with van der Waals surface area (Å²) in [6, 6.07) is 13.2. The standard InChI is InChI=1S/C18H15N3O2/c1-10(2)17-20-18(23-21-17)12-7-8-15(22)16-13(12)9-11-5-3-4-6-14(11)19-16/h3-10,22H,1-2H3. The third-order valence-electron chi connectivity index (χ3n) is 3.85. The lowest BCUT2D eigenvalue weighted by atomic mass is 10.0. The molecule has 0 atom stereocenters. The maximum absolute atomic E-state index is 10.2. The number of para-hydroxylation sites is 1. The molecular formula is C18H15N3O2. The summed E-state index contributed by atoms with van der Waals surface area (Å²) in [4.78, 5) is 9.02. The third kappa shape index (κ3) is 2.21. The van der Waals surface area contributed by atoms with E-state index in [2.05, 4.69) is 15.1 Å². The molecule has 0 unspecified atom stereocenters. The van der Waals surface area contributed by atoms with Gasteiger partial charge in [-0.15, -0.1) is 0 Å². The van der Waals surface area contributed by atoms with Crippen LogP contribution in [0.2, 0.25) is 0 Å². The van der Waals surface area contributed by atoms with Crippen LogP contribution in [0.1, 0.15) is 25.6 Å².